The van der Waals surface area contributed by atoms with Gasteiger partial charge in [-0.1, -0.05) is 52.0 Å². The topological polar surface area (TPSA) is 96.0 Å². The van der Waals surface area contributed by atoms with Crippen LogP contribution in [0.2, 0.25) is 0 Å². The second-order valence-corrected chi connectivity index (χ2v) is 13.5. The van der Waals surface area contributed by atoms with Gasteiger partial charge in [0.1, 0.15) is 18.3 Å². The lowest BCUT2D eigenvalue weighted by Gasteiger charge is -2.34. The Morgan fingerprint density at radius 1 is 0.947 bits per heavy atom. The van der Waals surface area contributed by atoms with E-state index in [2.05, 4.69) is 26.1 Å². The van der Waals surface area contributed by atoms with Crippen LogP contribution in [0.1, 0.15) is 66.0 Å². The van der Waals surface area contributed by atoms with E-state index in [9.17, 15) is 18.0 Å². The van der Waals surface area contributed by atoms with Gasteiger partial charge in [-0.15, -0.1) is 0 Å². The molecule has 0 aliphatic rings. The number of nitrogens with one attached hydrogen (secondary N) is 1. The highest BCUT2D eigenvalue weighted by atomic mass is 32.2. The fraction of sp³-hybridized carbons (Fsp3) is 0.517. The molecule has 2 rings (SSSR count). The lowest BCUT2D eigenvalue weighted by Crippen LogP contribution is -2.55. The first-order valence-electron chi connectivity index (χ1n) is 12.8. The standard InChI is InChI=1S/C29H43N3O5S/c1-10-25(27(34)30-29(5,6)7)31(19-21-11-17-24(37-8)18-12-21)26(33)20-32(38(9,35)36)23-15-13-22(14-16-23)28(2,3)4/h11-18,25H,10,19-20H2,1-9H3,(H,30,34). The van der Waals surface area contributed by atoms with Crippen molar-refractivity contribution in [2.45, 2.75) is 78.4 Å². The molecule has 0 aromatic heterocycles. The summed E-state index contributed by atoms with van der Waals surface area (Å²) in [7, 11) is -2.22. The zero-order valence-electron chi connectivity index (χ0n) is 24.2. The van der Waals surface area contributed by atoms with Crippen molar-refractivity contribution in [1.82, 2.24) is 10.2 Å². The summed E-state index contributed by atoms with van der Waals surface area (Å²) >= 11 is 0. The second kappa shape index (κ2) is 12.2. The normalized spacial score (nSPS) is 13.0. The minimum absolute atomic E-state index is 0.103. The highest BCUT2D eigenvalue weighted by molar-refractivity contribution is 7.92. The highest BCUT2D eigenvalue weighted by Gasteiger charge is 2.33. The van der Waals surface area contributed by atoms with Gasteiger partial charge in [0.15, 0.2) is 0 Å². The molecule has 0 spiro atoms. The van der Waals surface area contributed by atoms with Crippen LogP contribution in [0.5, 0.6) is 5.75 Å². The van der Waals surface area contributed by atoms with Crippen molar-refractivity contribution in [3.05, 3.63) is 59.7 Å². The van der Waals surface area contributed by atoms with Gasteiger partial charge in [0.05, 0.1) is 19.1 Å². The molecule has 0 bridgehead atoms. The molecule has 2 aromatic carbocycles. The molecule has 0 saturated carbocycles. The molecule has 0 heterocycles. The van der Waals surface area contributed by atoms with Gasteiger partial charge in [0, 0.05) is 12.1 Å². The molecule has 0 saturated heterocycles. The third-order valence-electron chi connectivity index (χ3n) is 6.10. The van der Waals surface area contributed by atoms with Crippen molar-refractivity contribution in [3.63, 3.8) is 0 Å². The molecule has 210 valence electrons. The number of anilines is 1. The van der Waals surface area contributed by atoms with Gasteiger partial charge >= 0.3 is 0 Å². The van der Waals surface area contributed by atoms with Gasteiger partial charge < -0.3 is 15.0 Å². The average Bonchev–Trinajstić information content (AvgIpc) is 2.80. The molecule has 0 aliphatic heterocycles. The van der Waals surface area contributed by atoms with Crippen molar-refractivity contribution >= 4 is 27.5 Å². The van der Waals surface area contributed by atoms with Crippen LogP contribution < -0.4 is 14.4 Å². The monoisotopic (exact) mass is 545 g/mol. The molecule has 1 N–H and O–H groups in total. The zero-order chi connectivity index (χ0) is 28.9. The van der Waals surface area contributed by atoms with Crippen LogP contribution in [-0.2, 0) is 31.6 Å². The minimum atomic E-state index is -3.79. The predicted octanol–water partition coefficient (Wildman–Crippen LogP) is 4.48. The number of nitrogens with zero attached hydrogens (tertiary/aromatic N) is 2. The number of hydrogen-bond acceptors (Lipinski definition) is 5. The number of sulfonamides is 1. The summed E-state index contributed by atoms with van der Waals surface area (Å²) in [6.07, 6.45) is 1.44. The number of methoxy groups -OCH3 is 1. The van der Waals surface area contributed by atoms with Crippen molar-refractivity contribution in [2.75, 3.05) is 24.2 Å². The number of carbonyl (C=O) groups excluding carboxylic acids is 2. The molecule has 8 nitrogen and oxygen atoms in total. The lowest BCUT2D eigenvalue weighted by molar-refractivity contribution is -0.141. The Morgan fingerprint density at radius 2 is 1.50 bits per heavy atom. The van der Waals surface area contributed by atoms with Crippen LogP contribution >= 0.6 is 0 Å². The third kappa shape index (κ3) is 8.75. The first-order valence-corrected chi connectivity index (χ1v) is 14.6. The number of hydrogen-bond donors (Lipinski definition) is 1. The maximum atomic E-state index is 13.8. The smallest absolute Gasteiger partial charge is 0.244 e. The predicted molar refractivity (Wildman–Crippen MR) is 153 cm³/mol. The number of ether oxygens (including phenoxy) is 1. The molecule has 1 atom stereocenters. The lowest BCUT2D eigenvalue weighted by atomic mass is 9.87. The van der Waals surface area contributed by atoms with Gasteiger partial charge in [-0.2, -0.15) is 0 Å². The first kappa shape index (κ1) is 31.1. The average molecular weight is 546 g/mol. The van der Waals surface area contributed by atoms with E-state index < -0.39 is 34.1 Å². The van der Waals surface area contributed by atoms with E-state index >= 15 is 0 Å². The Labute approximate surface area is 228 Å². The third-order valence-corrected chi connectivity index (χ3v) is 7.24. The molecule has 0 radical (unpaired) electrons. The fourth-order valence-corrected chi connectivity index (χ4v) is 4.89. The number of rotatable bonds is 10. The minimum Gasteiger partial charge on any atom is -0.497 e. The van der Waals surface area contributed by atoms with Gasteiger partial charge in [-0.05, 0) is 68.0 Å². The van der Waals surface area contributed by atoms with E-state index in [0.717, 1.165) is 21.7 Å². The molecule has 38 heavy (non-hydrogen) atoms. The van der Waals surface area contributed by atoms with Crippen LogP contribution in [0.3, 0.4) is 0 Å². The summed E-state index contributed by atoms with van der Waals surface area (Å²) in [5.41, 5.74) is 1.64. The van der Waals surface area contributed by atoms with Crippen LogP contribution in [0.25, 0.3) is 0 Å². The quantitative estimate of drug-likeness (QED) is 0.475. The van der Waals surface area contributed by atoms with E-state index in [0.29, 0.717) is 17.9 Å². The summed E-state index contributed by atoms with van der Waals surface area (Å²) in [5.74, 6) is -0.0875. The van der Waals surface area contributed by atoms with Gasteiger partial charge in [0.2, 0.25) is 21.8 Å². The Morgan fingerprint density at radius 3 is 1.92 bits per heavy atom. The van der Waals surface area contributed by atoms with E-state index in [1.807, 2.05) is 52.0 Å². The summed E-state index contributed by atoms with van der Waals surface area (Å²) < 4.78 is 32.0. The summed E-state index contributed by atoms with van der Waals surface area (Å²) in [6, 6.07) is 13.6. The molecule has 9 heteroatoms. The number of amides is 2. The second-order valence-electron chi connectivity index (χ2n) is 11.6. The van der Waals surface area contributed by atoms with Crippen LogP contribution in [0.15, 0.2) is 48.5 Å². The van der Waals surface area contributed by atoms with Crippen LogP contribution in [0.4, 0.5) is 5.69 Å². The van der Waals surface area contributed by atoms with E-state index in [4.69, 9.17) is 4.74 Å². The maximum absolute atomic E-state index is 13.8. The Kier molecular flexibility index (Phi) is 10.00. The van der Waals surface area contributed by atoms with E-state index in [1.54, 1.807) is 31.4 Å². The summed E-state index contributed by atoms with van der Waals surface area (Å²) in [5, 5.41) is 2.96. The zero-order valence-corrected chi connectivity index (χ0v) is 25.0. The number of benzene rings is 2. The SMILES string of the molecule is CCC(C(=O)NC(C)(C)C)N(Cc1ccc(OC)cc1)C(=O)CN(c1ccc(C(C)(C)C)cc1)S(C)(=O)=O. The molecule has 2 amide bonds. The van der Waals surface area contributed by atoms with Crippen molar-refractivity contribution in [1.29, 1.82) is 0 Å². The highest BCUT2D eigenvalue weighted by Crippen LogP contribution is 2.26. The van der Waals surface area contributed by atoms with Crippen molar-refractivity contribution in [3.8, 4) is 5.75 Å². The molecule has 1 unspecified atom stereocenters. The molecular weight excluding hydrogens is 502 g/mol. The molecule has 2 aromatic rings. The largest absolute Gasteiger partial charge is 0.497 e. The van der Waals surface area contributed by atoms with Crippen molar-refractivity contribution < 1.29 is 22.7 Å². The number of carbonyl (C=O) groups is 2. The van der Waals surface area contributed by atoms with Gasteiger partial charge in [-0.3, -0.25) is 13.9 Å². The van der Waals surface area contributed by atoms with Crippen LogP contribution in [0, 0.1) is 0 Å². The summed E-state index contributed by atoms with van der Waals surface area (Å²) in [6.45, 7) is 13.4. The van der Waals surface area contributed by atoms with E-state index in [1.165, 1.54) is 4.90 Å². The fourth-order valence-electron chi connectivity index (χ4n) is 4.04. The molecule has 0 fully saturated rings. The first-order chi connectivity index (χ1) is 17.5. The molecular formula is C29H43N3O5S. The maximum Gasteiger partial charge on any atom is 0.244 e. The molecule has 0 aliphatic carbocycles. The van der Waals surface area contributed by atoms with Gasteiger partial charge in [-0.25, -0.2) is 8.42 Å². The Hall–Kier alpha value is -3.07. The Balaban J connectivity index is 2.46. The summed E-state index contributed by atoms with van der Waals surface area (Å²) in [4.78, 5) is 28.5. The Bertz CT molecular complexity index is 1190. The van der Waals surface area contributed by atoms with Gasteiger partial charge in [0.25, 0.3) is 0 Å². The van der Waals surface area contributed by atoms with E-state index in [-0.39, 0.29) is 17.9 Å². The van der Waals surface area contributed by atoms with Crippen molar-refractivity contribution in [2.24, 2.45) is 0 Å². The van der Waals surface area contributed by atoms with Crippen LogP contribution in [-0.4, -0.2) is 56.6 Å².